The molecule has 0 amide bonds. The molecule has 6 nitrogen and oxygen atoms in total. The summed E-state index contributed by atoms with van der Waals surface area (Å²) in [4.78, 5) is 13.6. The summed E-state index contributed by atoms with van der Waals surface area (Å²) in [5.41, 5.74) is 1.94. The number of nitrogens with one attached hydrogen (secondary N) is 1. The second-order valence-corrected chi connectivity index (χ2v) is 6.01. The van der Waals surface area contributed by atoms with E-state index in [2.05, 4.69) is 34.2 Å². The zero-order chi connectivity index (χ0) is 15.2. The van der Waals surface area contributed by atoms with Crippen molar-refractivity contribution in [2.24, 2.45) is 0 Å². The van der Waals surface area contributed by atoms with Gasteiger partial charge in [0.15, 0.2) is 5.82 Å². The first-order valence-electron chi connectivity index (χ1n) is 7.61. The van der Waals surface area contributed by atoms with Crippen LogP contribution in [0.2, 0.25) is 0 Å². The second kappa shape index (κ2) is 4.76. The Morgan fingerprint density at radius 1 is 1.23 bits per heavy atom. The maximum atomic E-state index is 4.77. The minimum atomic E-state index is 0.160. The largest absolute Gasteiger partial charge is 0.364 e. The van der Waals surface area contributed by atoms with Gasteiger partial charge in [0.25, 0.3) is 0 Å². The van der Waals surface area contributed by atoms with Gasteiger partial charge in [-0.2, -0.15) is 5.10 Å². The Bertz CT molecular complexity index is 834. The number of hydrogen-bond donors (Lipinski definition) is 1. The third kappa shape index (κ3) is 2.20. The zero-order valence-corrected chi connectivity index (χ0v) is 12.7. The van der Waals surface area contributed by atoms with Gasteiger partial charge in [-0.1, -0.05) is 0 Å². The molecule has 0 radical (unpaired) electrons. The summed E-state index contributed by atoms with van der Waals surface area (Å²) in [6, 6.07) is 3.91. The summed E-state index contributed by atoms with van der Waals surface area (Å²) in [5.74, 6) is 1.57. The van der Waals surface area contributed by atoms with E-state index < -0.39 is 0 Å². The molecule has 1 aliphatic rings. The van der Waals surface area contributed by atoms with E-state index in [-0.39, 0.29) is 5.54 Å². The number of aryl methyl sites for hydroxylation is 1. The average molecular weight is 294 g/mol. The third-order valence-electron chi connectivity index (χ3n) is 4.16. The molecule has 0 atom stereocenters. The first-order chi connectivity index (χ1) is 10.7. The smallest absolute Gasteiger partial charge is 0.180 e. The van der Waals surface area contributed by atoms with E-state index in [9.17, 15) is 0 Å². The summed E-state index contributed by atoms with van der Waals surface area (Å²) in [7, 11) is 0. The Morgan fingerprint density at radius 2 is 2.09 bits per heavy atom. The number of anilines is 1. The molecular formula is C16H18N6. The topological polar surface area (TPSA) is 68.5 Å². The van der Waals surface area contributed by atoms with Crippen LogP contribution in [0.1, 0.15) is 26.7 Å². The summed E-state index contributed by atoms with van der Waals surface area (Å²) >= 11 is 0. The predicted molar refractivity (Wildman–Crippen MR) is 85.5 cm³/mol. The van der Waals surface area contributed by atoms with Crippen LogP contribution >= 0.6 is 0 Å². The standard InChI is InChI=1S/C16H18N6/c1-3-22-13(5-9-18-22)15-19-12-10-17-8-4-11(12)14(20-15)21-16(2)6-7-16/h4-5,8-10H,3,6-7H2,1-2H3,(H,19,20,21). The third-order valence-corrected chi connectivity index (χ3v) is 4.16. The Morgan fingerprint density at radius 3 is 2.86 bits per heavy atom. The normalized spacial score (nSPS) is 15.9. The lowest BCUT2D eigenvalue weighted by atomic mass is 10.2. The van der Waals surface area contributed by atoms with Crippen molar-refractivity contribution in [3.05, 3.63) is 30.7 Å². The van der Waals surface area contributed by atoms with Crippen LogP contribution in [0.25, 0.3) is 22.4 Å². The predicted octanol–water partition coefficient (Wildman–Crippen LogP) is 2.87. The van der Waals surface area contributed by atoms with Gasteiger partial charge < -0.3 is 5.32 Å². The summed E-state index contributed by atoms with van der Waals surface area (Å²) in [6.45, 7) is 5.07. The quantitative estimate of drug-likeness (QED) is 0.801. The minimum absolute atomic E-state index is 0.160. The maximum absolute atomic E-state index is 4.77. The van der Waals surface area contributed by atoms with Gasteiger partial charge in [-0.05, 0) is 38.8 Å². The highest BCUT2D eigenvalue weighted by atomic mass is 15.3. The van der Waals surface area contributed by atoms with Crippen molar-refractivity contribution < 1.29 is 0 Å². The fourth-order valence-corrected chi connectivity index (χ4v) is 2.56. The first kappa shape index (κ1) is 13.2. The molecule has 0 bridgehead atoms. The van der Waals surface area contributed by atoms with Crippen LogP contribution in [0.4, 0.5) is 5.82 Å². The summed E-state index contributed by atoms with van der Waals surface area (Å²) in [5, 5.41) is 8.88. The molecule has 3 heterocycles. The van der Waals surface area contributed by atoms with Gasteiger partial charge in [0.05, 0.1) is 11.7 Å². The molecule has 6 heteroatoms. The lowest BCUT2D eigenvalue weighted by molar-refractivity contribution is 0.664. The van der Waals surface area contributed by atoms with Crippen LogP contribution in [0.5, 0.6) is 0 Å². The first-order valence-corrected chi connectivity index (χ1v) is 7.61. The molecule has 0 spiro atoms. The lowest BCUT2D eigenvalue weighted by Gasteiger charge is -2.15. The van der Waals surface area contributed by atoms with Crippen molar-refractivity contribution >= 4 is 16.7 Å². The van der Waals surface area contributed by atoms with E-state index in [0.717, 1.165) is 29.0 Å². The van der Waals surface area contributed by atoms with Crippen LogP contribution < -0.4 is 5.32 Å². The van der Waals surface area contributed by atoms with Crippen molar-refractivity contribution in [3.8, 4) is 11.5 Å². The highest BCUT2D eigenvalue weighted by Gasteiger charge is 2.38. The molecule has 0 unspecified atom stereocenters. The maximum Gasteiger partial charge on any atom is 0.180 e. The van der Waals surface area contributed by atoms with Gasteiger partial charge in [-0.3, -0.25) is 9.67 Å². The molecule has 1 saturated carbocycles. The molecule has 112 valence electrons. The van der Waals surface area contributed by atoms with Gasteiger partial charge >= 0.3 is 0 Å². The highest BCUT2D eigenvalue weighted by molar-refractivity contribution is 5.90. The van der Waals surface area contributed by atoms with E-state index in [0.29, 0.717) is 5.82 Å². The monoisotopic (exact) mass is 294 g/mol. The Balaban J connectivity index is 1.89. The number of pyridine rings is 1. The van der Waals surface area contributed by atoms with Gasteiger partial charge in [0.1, 0.15) is 11.5 Å². The van der Waals surface area contributed by atoms with E-state index in [1.54, 1.807) is 18.6 Å². The average Bonchev–Trinajstić information content (AvgIpc) is 3.08. The van der Waals surface area contributed by atoms with Gasteiger partial charge in [0, 0.05) is 29.9 Å². The SMILES string of the molecule is CCn1nccc1-c1nc(NC2(C)CC2)c2ccncc2n1. The zero-order valence-electron chi connectivity index (χ0n) is 12.7. The fraction of sp³-hybridized carbons (Fsp3) is 0.375. The van der Waals surface area contributed by atoms with Crippen molar-refractivity contribution in [2.75, 3.05) is 5.32 Å². The van der Waals surface area contributed by atoms with Gasteiger partial charge in [-0.15, -0.1) is 0 Å². The van der Waals surface area contributed by atoms with E-state index in [4.69, 9.17) is 4.98 Å². The minimum Gasteiger partial charge on any atom is -0.364 e. The van der Waals surface area contributed by atoms with Crippen molar-refractivity contribution in [3.63, 3.8) is 0 Å². The van der Waals surface area contributed by atoms with Crippen molar-refractivity contribution in [1.82, 2.24) is 24.7 Å². The van der Waals surface area contributed by atoms with Gasteiger partial charge in [0.2, 0.25) is 0 Å². The number of hydrogen-bond acceptors (Lipinski definition) is 5. The second-order valence-electron chi connectivity index (χ2n) is 6.01. The molecule has 22 heavy (non-hydrogen) atoms. The molecule has 0 saturated heterocycles. The van der Waals surface area contributed by atoms with Crippen LogP contribution in [0, 0.1) is 0 Å². The molecule has 1 aliphatic carbocycles. The van der Waals surface area contributed by atoms with E-state index in [1.165, 1.54) is 12.8 Å². The molecule has 3 aromatic rings. The molecule has 4 rings (SSSR count). The summed E-state index contributed by atoms with van der Waals surface area (Å²) in [6.07, 6.45) is 7.69. The van der Waals surface area contributed by atoms with E-state index in [1.807, 2.05) is 16.8 Å². The Kier molecular flexibility index (Phi) is 2.85. The molecule has 1 fully saturated rings. The molecule has 1 N–H and O–H groups in total. The van der Waals surface area contributed by atoms with E-state index >= 15 is 0 Å². The number of fused-ring (bicyclic) bond motifs is 1. The number of rotatable bonds is 4. The van der Waals surface area contributed by atoms with Crippen LogP contribution in [0.15, 0.2) is 30.7 Å². The Hall–Kier alpha value is -2.50. The van der Waals surface area contributed by atoms with Crippen LogP contribution in [-0.4, -0.2) is 30.3 Å². The van der Waals surface area contributed by atoms with Crippen LogP contribution in [-0.2, 0) is 6.54 Å². The highest BCUT2D eigenvalue weighted by Crippen LogP contribution is 2.39. The molecular weight excluding hydrogens is 276 g/mol. The summed E-state index contributed by atoms with van der Waals surface area (Å²) < 4.78 is 1.90. The Labute approximate surface area is 128 Å². The number of aromatic nitrogens is 5. The van der Waals surface area contributed by atoms with Crippen LogP contribution in [0.3, 0.4) is 0 Å². The van der Waals surface area contributed by atoms with Crippen molar-refractivity contribution in [2.45, 2.75) is 38.8 Å². The fourth-order valence-electron chi connectivity index (χ4n) is 2.56. The molecule has 3 aromatic heterocycles. The lowest BCUT2D eigenvalue weighted by Crippen LogP contribution is -2.18. The molecule has 0 aromatic carbocycles. The number of nitrogens with zero attached hydrogens (tertiary/aromatic N) is 5. The molecule has 0 aliphatic heterocycles. The van der Waals surface area contributed by atoms with Crippen molar-refractivity contribution in [1.29, 1.82) is 0 Å². The van der Waals surface area contributed by atoms with Gasteiger partial charge in [-0.25, -0.2) is 9.97 Å².